The second-order valence-corrected chi connectivity index (χ2v) is 6.42. The van der Waals surface area contributed by atoms with Crippen LogP contribution >= 0.6 is 0 Å². The molecule has 2 aromatic carbocycles. The van der Waals surface area contributed by atoms with Gasteiger partial charge in [-0.05, 0) is 48.0 Å². The monoisotopic (exact) mass is 357 g/mol. The third-order valence-electron chi connectivity index (χ3n) is 4.35. The summed E-state index contributed by atoms with van der Waals surface area (Å²) in [6.07, 6.45) is 3.43. The van der Waals surface area contributed by atoms with Crippen LogP contribution < -0.4 is 9.91 Å². The van der Waals surface area contributed by atoms with Crippen molar-refractivity contribution in [3.63, 3.8) is 0 Å². The van der Waals surface area contributed by atoms with Crippen molar-refractivity contribution >= 4 is 29.1 Å². The molecule has 0 N–H and O–H groups in total. The molecule has 5 heteroatoms. The van der Waals surface area contributed by atoms with Crippen molar-refractivity contribution in [3.8, 4) is 0 Å². The summed E-state index contributed by atoms with van der Waals surface area (Å²) in [6, 6.07) is 21.0. The lowest BCUT2D eigenvalue weighted by atomic mass is 10.0. The molecule has 3 aromatic rings. The van der Waals surface area contributed by atoms with Crippen molar-refractivity contribution < 1.29 is 9.21 Å². The van der Waals surface area contributed by atoms with E-state index in [0.29, 0.717) is 17.0 Å². The van der Waals surface area contributed by atoms with Gasteiger partial charge in [-0.2, -0.15) is 10.1 Å². The van der Waals surface area contributed by atoms with Gasteiger partial charge in [0.2, 0.25) is 0 Å². The number of hydrogen-bond acceptors (Lipinski definition) is 4. The van der Waals surface area contributed by atoms with Crippen molar-refractivity contribution in [1.82, 2.24) is 0 Å². The quantitative estimate of drug-likeness (QED) is 0.658. The maximum absolute atomic E-state index is 13.1. The van der Waals surface area contributed by atoms with Gasteiger partial charge in [-0.3, -0.25) is 4.79 Å². The second kappa shape index (κ2) is 6.96. The van der Waals surface area contributed by atoms with Gasteiger partial charge >= 0.3 is 0 Å². The first-order valence-electron chi connectivity index (χ1n) is 8.65. The molecule has 27 heavy (non-hydrogen) atoms. The Morgan fingerprint density at radius 3 is 2.33 bits per heavy atom. The fourth-order valence-electron chi connectivity index (χ4n) is 2.92. The molecule has 134 valence electrons. The molecule has 5 nitrogen and oxygen atoms in total. The van der Waals surface area contributed by atoms with E-state index in [-0.39, 0.29) is 5.91 Å². The Bertz CT molecular complexity index is 1000. The smallest absolute Gasteiger partial charge is 0.281 e. The van der Waals surface area contributed by atoms with Crippen LogP contribution in [0.25, 0.3) is 6.08 Å². The molecule has 0 radical (unpaired) electrons. The standard InChI is InChI=1S/C22H19N3O2/c1-24(2)17-12-10-16(11-13-17)15-19-21(20-9-6-14-27-20)23-25(22(19)26)18-7-4-3-5-8-18/h3-15H,1-2H3/b19-15+. The Morgan fingerprint density at radius 2 is 1.70 bits per heavy atom. The summed E-state index contributed by atoms with van der Waals surface area (Å²) in [5.41, 5.74) is 3.79. The van der Waals surface area contributed by atoms with Crippen LogP contribution in [0.2, 0.25) is 0 Å². The van der Waals surface area contributed by atoms with E-state index < -0.39 is 0 Å². The van der Waals surface area contributed by atoms with E-state index in [2.05, 4.69) is 5.10 Å². The lowest BCUT2D eigenvalue weighted by Crippen LogP contribution is -2.21. The first-order valence-corrected chi connectivity index (χ1v) is 8.65. The number of anilines is 2. The molecule has 4 rings (SSSR count). The summed E-state index contributed by atoms with van der Waals surface area (Å²) in [7, 11) is 3.99. The van der Waals surface area contributed by atoms with Gasteiger partial charge in [-0.25, -0.2) is 0 Å². The SMILES string of the molecule is CN(C)c1ccc(/C=C2/C(=O)N(c3ccccc3)N=C2c2ccco2)cc1. The Kier molecular flexibility index (Phi) is 4.34. The second-order valence-electron chi connectivity index (χ2n) is 6.42. The lowest BCUT2D eigenvalue weighted by Gasteiger charge is -2.12. The van der Waals surface area contributed by atoms with E-state index in [1.807, 2.05) is 85.7 Å². The van der Waals surface area contributed by atoms with Crippen LogP contribution in [0.5, 0.6) is 0 Å². The van der Waals surface area contributed by atoms with Gasteiger partial charge in [-0.15, -0.1) is 0 Å². The topological polar surface area (TPSA) is 49.1 Å². The summed E-state index contributed by atoms with van der Waals surface area (Å²) in [5, 5.41) is 5.95. The van der Waals surface area contributed by atoms with Crippen LogP contribution in [0.3, 0.4) is 0 Å². The number of hydrogen-bond donors (Lipinski definition) is 0. The molecular formula is C22H19N3O2. The van der Waals surface area contributed by atoms with Crippen molar-refractivity contribution in [2.75, 3.05) is 24.0 Å². The molecule has 1 aromatic heterocycles. The van der Waals surface area contributed by atoms with Gasteiger partial charge in [0, 0.05) is 19.8 Å². The molecule has 0 aliphatic carbocycles. The minimum absolute atomic E-state index is 0.177. The average Bonchev–Trinajstić information content (AvgIpc) is 3.32. The number of carbonyl (C=O) groups is 1. The van der Waals surface area contributed by atoms with Gasteiger partial charge in [0.15, 0.2) is 5.76 Å². The van der Waals surface area contributed by atoms with Crippen molar-refractivity contribution in [2.45, 2.75) is 0 Å². The van der Waals surface area contributed by atoms with E-state index in [9.17, 15) is 4.79 Å². The zero-order valence-electron chi connectivity index (χ0n) is 15.2. The van der Waals surface area contributed by atoms with E-state index in [0.717, 1.165) is 16.9 Å². The molecule has 2 heterocycles. The molecule has 1 aliphatic rings. The summed E-state index contributed by atoms with van der Waals surface area (Å²) in [5.74, 6) is 0.391. The third-order valence-corrected chi connectivity index (χ3v) is 4.35. The van der Waals surface area contributed by atoms with Gasteiger partial charge in [-0.1, -0.05) is 30.3 Å². The maximum atomic E-state index is 13.1. The summed E-state index contributed by atoms with van der Waals surface area (Å²) < 4.78 is 5.51. The Morgan fingerprint density at radius 1 is 0.963 bits per heavy atom. The van der Waals surface area contributed by atoms with Crippen LogP contribution in [-0.2, 0) is 4.79 Å². The van der Waals surface area contributed by atoms with Gasteiger partial charge in [0.05, 0.1) is 17.5 Å². The molecule has 0 saturated heterocycles. The molecular weight excluding hydrogens is 338 g/mol. The van der Waals surface area contributed by atoms with Crippen LogP contribution in [0.4, 0.5) is 11.4 Å². The lowest BCUT2D eigenvalue weighted by molar-refractivity contribution is -0.114. The minimum Gasteiger partial charge on any atom is -0.463 e. The van der Waals surface area contributed by atoms with Gasteiger partial charge < -0.3 is 9.32 Å². The van der Waals surface area contributed by atoms with Crippen molar-refractivity contribution in [2.24, 2.45) is 5.10 Å². The Balaban J connectivity index is 1.76. The molecule has 0 unspecified atom stereocenters. The largest absolute Gasteiger partial charge is 0.463 e. The normalized spacial score (nSPS) is 15.3. The fourth-order valence-corrected chi connectivity index (χ4v) is 2.92. The predicted molar refractivity (Wildman–Crippen MR) is 108 cm³/mol. The highest BCUT2D eigenvalue weighted by atomic mass is 16.3. The number of rotatable bonds is 4. The molecule has 0 saturated carbocycles. The first kappa shape index (κ1) is 16.8. The highest BCUT2D eigenvalue weighted by molar-refractivity contribution is 6.36. The number of furan rings is 1. The minimum atomic E-state index is -0.177. The highest BCUT2D eigenvalue weighted by Crippen LogP contribution is 2.28. The van der Waals surface area contributed by atoms with Crippen LogP contribution in [0.1, 0.15) is 11.3 Å². The fraction of sp³-hybridized carbons (Fsp3) is 0.0909. The van der Waals surface area contributed by atoms with Crippen LogP contribution in [0.15, 0.2) is 88.1 Å². The van der Waals surface area contributed by atoms with Crippen LogP contribution in [0, 0.1) is 0 Å². The van der Waals surface area contributed by atoms with E-state index in [1.165, 1.54) is 5.01 Å². The van der Waals surface area contributed by atoms with E-state index >= 15 is 0 Å². The molecule has 0 atom stereocenters. The number of carbonyl (C=O) groups excluding carboxylic acids is 1. The number of benzene rings is 2. The van der Waals surface area contributed by atoms with Gasteiger partial charge in [0.1, 0.15) is 5.71 Å². The van der Waals surface area contributed by atoms with Gasteiger partial charge in [0.25, 0.3) is 5.91 Å². The van der Waals surface area contributed by atoms with Crippen LogP contribution in [-0.4, -0.2) is 25.7 Å². The van der Waals surface area contributed by atoms with E-state index in [1.54, 1.807) is 12.3 Å². The average molecular weight is 357 g/mol. The zero-order valence-corrected chi connectivity index (χ0v) is 15.2. The number of nitrogens with zero attached hydrogens (tertiary/aromatic N) is 3. The molecule has 0 bridgehead atoms. The Labute approximate surface area is 157 Å². The zero-order chi connectivity index (χ0) is 18.8. The number of hydrazone groups is 1. The summed E-state index contributed by atoms with van der Waals surface area (Å²) in [4.78, 5) is 15.1. The summed E-state index contributed by atoms with van der Waals surface area (Å²) >= 11 is 0. The van der Waals surface area contributed by atoms with E-state index in [4.69, 9.17) is 4.42 Å². The molecule has 0 fully saturated rings. The molecule has 1 aliphatic heterocycles. The van der Waals surface area contributed by atoms with Crippen molar-refractivity contribution in [3.05, 3.63) is 89.9 Å². The number of para-hydroxylation sites is 1. The maximum Gasteiger partial charge on any atom is 0.281 e. The van der Waals surface area contributed by atoms with Crippen molar-refractivity contribution in [1.29, 1.82) is 0 Å². The number of amides is 1. The highest BCUT2D eigenvalue weighted by Gasteiger charge is 2.33. The first-order chi connectivity index (χ1) is 13.1. The predicted octanol–water partition coefficient (Wildman–Crippen LogP) is 4.18. The summed E-state index contributed by atoms with van der Waals surface area (Å²) in [6.45, 7) is 0. The Hall–Kier alpha value is -3.60. The molecule has 0 spiro atoms. The molecule has 1 amide bonds. The third kappa shape index (κ3) is 3.27.